The molecule has 2 aromatic rings. The van der Waals surface area contributed by atoms with Gasteiger partial charge < -0.3 is 19.5 Å². The highest BCUT2D eigenvalue weighted by Crippen LogP contribution is 2.38. The molecule has 1 atom stereocenters. The maximum Gasteiger partial charge on any atom is 0.226 e. The van der Waals surface area contributed by atoms with Crippen LogP contribution in [0.15, 0.2) is 36.7 Å². The lowest BCUT2D eigenvalue weighted by molar-refractivity contribution is -0.141. The zero-order chi connectivity index (χ0) is 24.8. The van der Waals surface area contributed by atoms with Crippen LogP contribution < -0.4 is 10.1 Å². The second kappa shape index (κ2) is 11.3. The van der Waals surface area contributed by atoms with E-state index in [2.05, 4.69) is 40.8 Å². The van der Waals surface area contributed by atoms with E-state index in [4.69, 9.17) is 4.74 Å². The maximum absolute atomic E-state index is 13.4. The number of benzene rings is 1. The zero-order valence-corrected chi connectivity index (χ0v) is 21.5. The molecule has 2 aliphatic heterocycles. The average Bonchev–Trinajstić information content (AvgIpc) is 3.33. The van der Waals surface area contributed by atoms with E-state index in [1.165, 1.54) is 5.56 Å². The minimum absolute atomic E-state index is 0.0724. The third kappa shape index (κ3) is 6.06. The summed E-state index contributed by atoms with van der Waals surface area (Å²) in [6, 6.07) is 8.14. The van der Waals surface area contributed by atoms with Crippen LogP contribution >= 0.6 is 0 Å². The van der Waals surface area contributed by atoms with Crippen LogP contribution in [0.2, 0.25) is 0 Å². The number of fused-ring (bicyclic) bond motifs is 1. The lowest BCUT2D eigenvalue weighted by Gasteiger charge is -2.41. The van der Waals surface area contributed by atoms with Crippen LogP contribution in [0.4, 0.5) is 0 Å². The molecule has 1 aromatic heterocycles. The number of carbonyl (C=O) groups is 2. The standard InChI is InChI=1S/C28H40N4O3/c1-21(2)26-29-15-19-32(26)16-11-25(33)31-17-13-28(14-18-31)12-7-6-9-23-8-4-5-10-24(23)35-20-22(3)30-27(28)34/h4-5,8,10,15,19,21-22H,6-7,9,11-14,16-18,20H2,1-3H3,(H,30,34)/t22-/m0/s1. The predicted molar refractivity (Wildman–Crippen MR) is 136 cm³/mol. The molecule has 2 amide bonds. The van der Waals surface area contributed by atoms with Gasteiger partial charge in [0.15, 0.2) is 0 Å². The number of likely N-dealkylation sites (tertiary alicyclic amines) is 1. The first-order valence-corrected chi connectivity index (χ1v) is 13.2. The normalized spacial score (nSPS) is 21.0. The zero-order valence-electron chi connectivity index (χ0n) is 21.5. The van der Waals surface area contributed by atoms with Gasteiger partial charge in [-0.2, -0.15) is 0 Å². The average molecular weight is 481 g/mol. The Morgan fingerprint density at radius 1 is 1.20 bits per heavy atom. The van der Waals surface area contributed by atoms with Gasteiger partial charge in [0.2, 0.25) is 11.8 Å². The number of rotatable bonds is 4. The molecule has 3 heterocycles. The van der Waals surface area contributed by atoms with Crippen molar-refractivity contribution in [2.24, 2.45) is 5.41 Å². The van der Waals surface area contributed by atoms with Crippen LogP contribution in [0, 0.1) is 5.41 Å². The molecule has 0 unspecified atom stereocenters. The summed E-state index contributed by atoms with van der Waals surface area (Å²) in [6.07, 6.45) is 9.49. The summed E-state index contributed by atoms with van der Waals surface area (Å²) in [5, 5.41) is 3.22. The Balaban J connectivity index is 1.36. The van der Waals surface area contributed by atoms with E-state index >= 15 is 0 Å². The van der Waals surface area contributed by atoms with E-state index in [9.17, 15) is 9.59 Å². The number of nitrogens with zero attached hydrogens (tertiary/aromatic N) is 3. The highest BCUT2D eigenvalue weighted by atomic mass is 16.5. The highest BCUT2D eigenvalue weighted by Gasteiger charge is 2.42. The Morgan fingerprint density at radius 2 is 1.97 bits per heavy atom. The molecule has 0 saturated carbocycles. The summed E-state index contributed by atoms with van der Waals surface area (Å²) in [6.45, 7) is 8.61. The minimum Gasteiger partial charge on any atom is -0.491 e. The molecule has 2 aliphatic rings. The maximum atomic E-state index is 13.4. The molecule has 0 radical (unpaired) electrons. The molecular weight excluding hydrogens is 440 g/mol. The fraction of sp³-hybridized carbons (Fsp3) is 0.607. The van der Waals surface area contributed by atoms with Crippen molar-refractivity contribution in [1.82, 2.24) is 19.8 Å². The number of hydrogen-bond acceptors (Lipinski definition) is 4. The first kappa shape index (κ1) is 25.3. The van der Waals surface area contributed by atoms with Crippen molar-refractivity contribution in [3.63, 3.8) is 0 Å². The van der Waals surface area contributed by atoms with Crippen molar-refractivity contribution in [2.45, 2.75) is 84.2 Å². The van der Waals surface area contributed by atoms with Gasteiger partial charge in [0.05, 0.1) is 11.5 Å². The van der Waals surface area contributed by atoms with Crippen molar-refractivity contribution in [2.75, 3.05) is 19.7 Å². The van der Waals surface area contributed by atoms with Crippen molar-refractivity contribution in [3.8, 4) is 5.75 Å². The number of aryl methyl sites for hydroxylation is 2. The van der Waals surface area contributed by atoms with E-state index in [-0.39, 0.29) is 17.9 Å². The fourth-order valence-electron chi connectivity index (χ4n) is 5.42. The highest BCUT2D eigenvalue weighted by molar-refractivity contribution is 5.83. The summed E-state index contributed by atoms with van der Waals surface area (Å²) in [7, 11) is 0. The van der Waals surface area contributed by atoms with Crippen LogP contribution in [0.5, 0.6) is 5.75 Å². The number of nitrogens with one attached hydrogen (secondary N) is 1. The summed E-state index contributed by atoms with van der Waals surface area (Å²) in [5.74, 6) is 2.55. The molecule has 4 rings (SSSR count). The van der Waals surface area contributed by atoms with Crippen LogP contribution in [0.25, 0.3) is 0 Å². The smallest absolute Gasteiger partial charge is 0.226 e. The summed E-state index contributed by atoms with van der Waals surface area (Å²) in [4.78, 5) is 32.8. The molecule has 1 spiro atoms. The van der Waals surface area contributed by atoms with Gasteiger partial charge in [0.25, 0.3) is 0 Å². The fourth-order valence-corrected chi connectivity index (χ4v) is 5.42. The van der Waals surface area contributed by atoms with Crippen LogP contribution in [0.3, 0.4) is 0 Å². The molecule has 7 heteroatoms. The Labute approximate surface area is 209 Å². The van der Waals surface area contributed by atoms with E-state index in [0.29, 0.717) is 38.6 Å². The largest absolute Gasteiger partial charge is 0.491 e. The Kier molecular flexibility index (Phi) is 8.14. The van der Waals surface area contributed by atoms with Gasteiger partial charge >= 0.3 is 0 Å². The van der Waals surface area contributed by atoms with Crippen LogP contribution in [-0.2, 0) is 22.6 Å². The molecule has 35 heavy (non-hydrogen) atoms. The molecule has 1 fully saturated rings. The lowest BCUT2D eigenvalue weighted by atomic mass is 9.73. The van der Waals surface area contributed by atoms with Crippen molar-refractivity contribution < 1.29 is 14.3 Å². The lowest BCUT2D eigenvalue weighted by Crippen LogP contribution is -2.52. The Hall–Kier alpha value is -2.83. The minimum atomic E-state index is -0.404. The molecule has 0 bridgehead atoms. The number of para-hydroxylation sites is 1. The van der Waals surface area contributed by atoms with Gasteiger partial charge in [-0.05, 0) is 50.7 Å². The van der Waals surface area contributed by atoms with Crippen LogP contribution in [0.1, 0.15) is 76.6 Å². The SMILES string of the molecule is CC(C)c1nccn1CCC(=O)N1CCC2(CCCCc3ccccc3OC[C@H](C)NC2=O)CC1. The van der Waals surface area contributed by atoms with Gasteiger partial charge in [-0.1, -0.05) is 38.5 Å². The van der Waals surface area contributed by atoms with Crippen molar-refractivity contribution in [1.29, 1.82) is 0 Å². The predicted octanol–water partition coefficient (Wildman–Crippen LogP) is 4.32. The number of imidazole rings is 1. The first-order chi connectivity index (χ1) is 16.9. The number of piperidine rings is 1. The quantitative estimate of drug-likeness (QED) is 0.707. The molecule has 1 aromatic carbocycles. The van der Waals surface area contributed by atoms with Gasteiger partial charge in [-0.15, -0.1) is 0 Å². The second-order valence-corrected chi connectivity index (χ2v) is 10.5. The second-order valence-electron chi connectivity index (χ2n) is 10.5. The van der Waals surface area contributed by atoms with Gasteiger partial charge in [0.1, 0.15) is 18.2 Å². The molecule has 7 nitrogen and oxygen atoms in total. The van der Waals surface area contributed by atoms with E-state index in [1.54, 1.807) is 6.20 Å². The summed E-state index contributed by atoms with van der Waals surface area (Å²) < 4.78 is 8.13. The van der Waals surface area contributed by atoms with E-state index in [1.807, 2.05) is 30.2 Å². The Bertz CT molecular complexity index is 1010. The molecule has 0 aliphatic carbocycles. The third-order valence-electron chi connectivity index (χ3n) is 7.58. The first-order valence-electron chi connectivity index (χ1n) is 13.2. The van der Waals surface area contributed by atoms with Gasteiger partial charge in [-0.3, -0.25) is 9.59 Å². The topological polar surface area (TPSA) is 76.5 Å². The molecule has 190 valence electrons. The van der Waals surface area contributed by atoms with Crippen molar-refractivity contribution >= 4 is 11.8 Å². The monoisotopic (exact) mass is 480 g/mol. The number of amides is 2. The van der Waals surface area contributed by atoms with Gasteiger partial charge in [0, 0.05) is 44.4 Å². The molecule has 1 N–H and O–H groups in total. The van der Waals surface area contributed by atoms with Crippen molar-refractivity contribution in [3.05, 3.63) is 48.0 Å². The van der Waals surface area contributed by atoms with E-state index < -0.39 is 5.41 Å². The van der Waals surface area contributed by atoms with Gasteiger partial charge in [-0.25, -0.2) is 4.98 Å². The van der Waals surface area contributed by atoms with Crippen LogP contribution in [-0.4, -0.2) is 52.0 Å². The Morgan fingerprint density at radius 3 is 2.74 bits per heavy atom. The molecule has 1 saturated heterocycles. The number of aromatic nitrogens is 2. The summed E-state index contributed by atoms with van der Waals surface area (Å²) >= 11 is 0. The number of ether oxygens (including phenoxy) is 1. The summed E-state index contributed by atoms with van der Waals surface area (Å²) in [5.41, 5.74) is 0.832. The third-order valence-corrected chi connectivity index (χ3v) is 7.58. The van der Waals surface area contributed by atoms with E-state index in [0.717, 1.165) is 50.1 Å². The number of hydrogen-bond donors (Lipinski definition) is 1. The number of carbonyl (C=O) groups excluding carboxylic acids is 2. The molecular formula is C28H40N4O3.